The van der Waals surface area contributed by atoms with Gasteiger partial charge in [-0.1, -0.05) is 30.7 Å². The quantitative estimate of drug-likeness (QED) is 0.680. The van der Waals surface area contributed by atoms with E-state index in [9.17, 15) is 13.2 Å². The Hall–Kier alpha value is -2.09. The summed E-state index contributed by atoms with van der Waals surface area (Å²) in [5.74, 6) is 0.0552. The van der Waals surface area contributed by atoms with Gasteiger partial charge in [0, 0.05) is 23.8 Å². The van der Waals surface area contributed by atoms with Crippen LogP contribution < -0.4 is 15.8 Å². The fraction of sp³-hybridized carbons (Fsp3) is 0.316. The Bertz CT molecular complexity index is 875. The largest absolute Gasteiger partial charge is 0.327 e. The summed E-state index contributed by atoms with van der Waals surface area (Å²) in [5.41, 5.74) is 6.95. The van der Waals surface area contributed by atoms with Crippen LogP contribution in [0, 0.1) is 5.92 Å². The average Bonchev–Trinajstić information content (AvgIpc) is 3.00. The Morgan fingerprint density at radius 2 is 1.74 bits per heavy atom. The van der Waals surface area contributed by atoms with Crippen molar-refractivity contribution in [2.45, 2.75) is 36.6 Å². The molecule has 146 valence electrons. The second-order valence-electron chi connectivity index (χ2n) is 6.61. The van der Waals surface area contributed by atoms with E-state index >= 15 is 0 Å². The molecule has 0 heterocycles. The predicted octanol–water partition coefficient (Wildman–Crippen LogP) is 3.37. The molecule has 2 aromatic carbocycles. The van der Waals surface area contributed by atoms with Gasteiger partial charge in [-0.05, 0) is 49.1 Å². The highest BCUT2D eigenvalue weighted by Gasteiger charge is 2.26. The highest BCUT2D eigenvalue weighted by molar-refractivity contribution is 7.92. The summed E-state index contributed by atoms with van der Waals surface area (Å²) in [7, 11) is -3.72. The molecule has 3 rings (SSSR count). The Labute approximate surface area is 166 Å². The van der Waals surface area contributed by atoms with Crippen LogP contribution in [-0.4, -0.2) is 20.4 Å². The molecular weight excluding hydrogens is 386 g/mol. The topological polar surface area (TPSA) is 101 Å². The fourth-order valence-electron chi connectivity index (χ4n) is 3.23. The van der Waals surface area contributed by atoms with E-state index in [0.717, 1.165) is 19.3 Å². The van der Waals surface area contributed by atoms with Crippen molar-refractivity contribution in [1.82, 2.24) is 0 Å². The summed E-state index contributed by atoms with van der Waals surface area (Å²) in [6.45, 7) is 0. The van der Waals surface area contributed by atoms with Crippen molar-refractivity contribution in [2.75, 3.05) is 10.0 Å². The molecule has 0 radical (unpaired) electrons. The highest BCUT2D eigenvalue weighted by Crippen LogP contribution is 2.27. The number of sulfonamides is 1. The second kappa shape index (κ2) is 9.21. The number of rotatable bonds is 6. The smallest absolute Gasteiger partial charge is 0.261 e. The molecule has 1 amide bonds. The van der Waals surface area contributed by atoms with Crippen molar-refractivity contribution in [3.05, 3.63) is 54.6 Å². The fourth-order valence-corrected chi connectivity index (χ4v) is 4.33. The molecular formula is C19H24ClN3O3S. The third kappa shape index (κ3) is 5.69. The van der Waals surface area contributed by atoms with Gasteiger partial charge in [0.1, 0.15) is 0 Å². The summed E-state index contributed by atoms with van der Waals surface area (Å²) in [6.07, 6.45) is 3.33. The molecule has 0 spiro atoms. The van der Waals surface area contributed by atoms with Gasteiger partial charge in [0.05, 0.1) is 4.90 Å². The first-order valence-corrected chi connectivity index (χ1v) is 10.2. The first-order valence-electron chi connectivity index (χ1n) is 8.67. The minimum Gasteiger partial charge on any atom is -0.327 e. The maximum atomic E-state index is 12.5. The average molecular weight is 410 g/mol. The number of hydrogen-bond acceptors (Lipinski definition) is 4. The second-order valence-corrected chi connectivity index (χ2v) is 8.29. The monoisotopic (exact) mass is 409 g/mol. The number of nitrogens with one attached hydrogen (secondary N) is 2. The van der Waals surface area contributed by atoms with Gasteiger partial charge >= 0.3 is 0 Å². The number of benzene rings is 2. The first-order chi connectivity index (χ1) is 12.4. The number of anilines is 2. The molecule has 4 N–H and O–H groups in total. The summed E-state index contributed by atoms with van der Waals surface area (Å²) in [5, 5.41) is 2.78. The van der Waals surface area contributed by atoms with Crippen molar-refractivity contribution in [1.29, 1.82) is 0 Å². The molecule has 27 heavy (non-hydrogen) atoms. The van der Waals surface area contributed by atoms with Gasteiger partial charge in [-0.3, -0.25) is 9.52 Å². The van der Waals surface area contributed by atoms with Crippen LogP contribution in [0.5, 0.6) is 0 Å². The molecule has 0 saturated heterocycles. The minimum absolute atomic E-state index is 0. The molecule has 1 fully saturated rings. The van der Waals surface area contributed by atoms with Crippen molar-refractivity contribution < 1.29 is 13.2 Å². The lowest BCUT2D eigenvalue weighted by atomic mass is 10.00. The van der Waals surface area contributed by atoms with Crippen molar-refractivity contribution >= 4 is 39.7 Å². The first kappa shape index (κ1) is 21.2. The lowest BCUT2D eigenvalue weighted by molar-refractivity contribution is -0.117. The van der Waals surface area contributed by atoms with Gasteiger partial charge in [0.15, 0.2) is 0 Å². The number of halogens is 1. The molecule has 0 aliphatic heterocycles. The number of hydrogen-bond donors (Lipinski definition) is 3. The molecule has 8 heteroatoms. The van der Waals surface area contributed by atoms with Gasteiger partial charge < -0.3 is 11.1 Å². The summed E-state index contributed by atoms with van der Waals surface area (Å²) >= 11 is 0. The summed E-state index contributed by atoms with van der Waals surface area (Å²) in [6, 6.07) is 15.0. The van der Waals surface area contributed by atoms with Gasteiger partial charge in [-0.25, -0.2) is 8.42 Å². The third-order valence-electron chi connectivity index (χ3n) is 4.62. The molecule has 0 bridgehead atoms. The lowest BCUT2D eigenvalue weighted by Crippen LogP contribution is -2.28. The zero-order chi connectivity index (χ0) is 18.6. The van der Waals surface area contributed by atoms with E-state index in [4.69, 9.17) is 5.73 Å². The molecule has 1 aliphatic carbocycles. The SMILES string of the molecule is Cl.N[C@@H]1CCC[C@H]1CC(=O)Nc1cccc(S(=O)(=O)Nc2ccccc2)c1. The van der Waals surface area contributed by atoms with Crippen LogP contribution in [0.1, 0.15) is 25.7 Å². The van der Waals surface area contributed by atoms with Gasteiger partial charge in [-0.2, -0.15) is 0 Å². The molecule has 0 unspecified atom stereocenters. The molecule has 0 aromatic heterocycles. The van der Waals surface area contributed by atoms with E-state index in [1.165, 1.54) is 12.1 Å². The van der Waals surface area contributed by atoms with Crippen LogP contribution in [0.2, 0.25) is 0 Å². The Morgan fingerprint density at radius 3 is 2.41 bits per heavy atom. The molecule has 1 aliphatic rings. The van der Waals surface area contributed by atoms with Gasteiger partial charge in [0.2, 0.25) is 5.91 Å². The normalized spacial score (nSPS) is 19.1. The van der Waals surface area contributed by atoms with Crippen LogP contribution >= 0.6 is 12.4 Å². The Kier molecular flexibility index (Phi) is 7.24. The maximum absolute atomic E-state index is 12.5. The van der Waals surface area contributed by atoms with Gasteiger partial charge in [0.25, 0.3) is 10.0 Å². The van der Waals surface area contributed by atoms with Crippen LogP contribution in [0.4, 0.5) is 11.4 Å². The van der Waals surface area contributed by atoms with E-state index in [0.29, 0.717) is 17.8 Å². The number of amides is 1. The predicted molar refractivity (Wildman–Crippen MR) is 110 cm³/mol. The van der Waals surface area contributed by atoms with E-state index in [1.54, 1.807) is 36.4 Å². The van der Waals surface area contributed by atoms with E-state index in [-0.39, 0.29) is 35.2 Å². The number of carbonyl (C=O) groups excluding carboxylic acids is 1. The third-order valence-corrected chi connectivity index (χ3v) is 6.00. The lowest BCUT2D eigenvalue weighted by Gasteiger charge is -2.15. The van der Waals surface area contributed by atoms with E-state index in [2.05, 4.69) is 10.0 Å². The van der Waals surface area contributed by atoms with Crippen LogP contribution in [0.3, 0.4) is 0 Å². The zero-order valence-corrected chi connectivity index (χ0v) is 16.4. The number of carbonyl (C=O) groups is 1. The minimum atomic E-state index is -3.72. The van der Waals surface area contributed by atoms with Crippen molar-refractivity contribution in [2.24, 2.45) is 11.7 Å². The molecule has 6 nitrogen and oxygen atoms in total. The van der Waals surface area contributed by atoms with Crippen molar-refractivity contribution in [3.8, 4) is 0 Å². The van der Waals surface area contributed by atoms with Gasteiger partial charge in [-0.15, -0.1) is 12.4 Å². The zero-order valence-electron chi connectivity index (χ0n) is 14.8. The van der Waals surface area contributed by atoms with Crippen LogP contribution in [0.25, 0.3) is 0 Å². The standard InChI is InChI=1S/C19H23N3O3S.ClH/c20-18-11-4-6-14(18)12-19(23)21-16-9-5-10-17(13-16)26(24,25)22-15-7-2-1-3-8-15;/h1-3,5,7-10,13-14,18,22H,4,6,11-12,20H2,(H,21,23);1H/t14-,18+;/m0./s1. The van der Waals surface area contributed by atoms with Crippen molar-refractivity contribution in [3.63, 3.8) is 0 Å². The van der Waals surface area contributed by atoms with Crippen LogP contribution in [0.15, 0.2) is 59.5 Å². The Morgan fingerprint density at radius 1 is 1.04 bits per heavy atom. The summed E-state index contributed by atoms with van der Waals surface area (Å²) < 4.78 is 27.6. The van der Waals surface area contributed by atoms with E-state index < -0.39 is 10.0 Å². The molecule has 1 saturated carbocycles. The summed E-state index contributed by atoms with van der Waals surface area (Å²) in [4.78, 5) is 12.3. The van der Waals surface area contributed by atoms with E-state index in [1.807, 2.05) is 6.07 Å². The number of nitrogens with two attached hydrogens (primary N) is 1. The highest BCUT2D eigenvalue weighted by atomic mass is 35.5. The molecule has 2 aromatic rings. The Balaban J connectivity index is 0.00000261. The maximum Gasteiger partial charge on any atom is 0.261 e. The van der Waals surface area contributed by atoms with Crippen LogP contribution in [-0.2, 0) is 14.8 Å². The number of para-hydroxylation sites is 1. The molecule has 2 atom stereocenters.